The number of carbonyl (C=O) groups is 1. The van der Waals surface area contributed by atoms with Crippen LogP contribution in [0.2, 0.25) is 0 Å². The number of fused-ring (bicyclic) bond motifs is 1. The predicted octanol–water partition coefficient (Wildman–Crippen LogP) is 3.89. The highest BCUT2D eigenvalue weighted by Gasteiger charge is 2.24. The largest absolute Gasteiger partial charge is 0.361 e. The number of hydrogen-bond donors (Lipinski definition) is 3. The summed E-state index contributed by atoms with van der Waals surface area (Å²) in [6, 6.07) is 16.4. The van der Waals surface area contributed by atoms with E-state index in [0.29, 0.717) is 6.04 Å². The molecular formula is C22H27N5O. The quantitative estimate of drug-likeness (QED) is 0.646. The normalized spacial score (nSPS) is 16.8. The first-order chi connectivity index (χ1) is 13.6. The van der Waals surface area contributed by atoms with Crippen LogP contribution in [0.15, 0.2) is 54.7 Å². The lowest BCUT2D eigenvalue weighted by molar-refractivity contribution is 0.0785. The number of nitrogens with zero attached hydrogens (tertiary/aromatic N) is 2. The average molecular weight is 377 g/mol. The van der Waals surface area contributed by atoms with E-state index in [1.807, 2.05) is 36.2 Å². The number of carbonyl (C=O) groups excluding carboxylic acids is 1. The molecule has 3 N–H and O–H groups in total. The second-order valence-electron chi connectivity index (χ2n) is 7.42. The molecule has 0 aliphatic carbocycles. The van der Waals surface area contributed by atoms with Crippen molar-refractivity contribution >= 4 is 22.6 Å². The highest BCUT2D eigenvalue weighted by molar-refractivity contribution is 5.88. The van der Waals surface area contributed by atoms with Gasteiger partial charge in [0.15, 0.2) is 0 Å². The molecule has 1 saturated heterocycles. The van der Waals surface area contributed by atoms with Crippen molar-refractivity contribution in [3.8, 4) is 0 Å². The van der Waals surface area contributed by atoms with Crippen LogP contribution in [0.25, 0.3) is 10.9 Å². The molecule has 2 amide bonds. The van der Waals surface area contributed by atoms with Crippen LogP contribution in [0, 0.1) is 6.92 Å². The van der Waals surface area contributed by atoms with E-state index < -0.39 is 0 Å². The number of aryl methyl sites for hydroxylation is 1. The number of benzene rings is 2. The van der Waals surface area contributed by atoms with Gasteiger partial charge in [-0.1, -0.05) is 35.9 Å². The number of hydrazine groups is 1. The summed E-state index contributed by atoms with van der Waals surface area (Å²) < 4.78 is 0. The first kappa shape index (κ1) is 18.5. The number of piperazine rings is 1. The Kier molecular flexibility index (Phi) is 5.32. The van der Waals surface area contributed by atoms with Crippen LogP contribution in [-0.4, -0.2) is 47.1 Å². The van der Waals surface area contributed by atoms with Crippen LogP contribution < -0.4 is 10.7 Å². The molecule has 28 heavy (non-hydrogen) atoms. The third-order valence-corrected chi connectivity index (χ3v) is 5.50. The molecule has 0 bridgehead atoms. The van der Waals surface area contributed by atoms with Gasteiger partial charge in [-0.05, 0) is 37.6 Å². The fourth-order valence-corrected chi connectivity index (χ4v) is 3.80. The van der Waals surface area contributed by atoms with E-state index in [1.165, 1.54) is 22.0 Å². The van der Waals surface area contributed by atoms with E-state index in [2.05, 4.69) is 58.0 Å². The highest BCUT2D eigenvalue weighted by atomic mass is 16.2. The Morgan fingerprint density at radius 3 is 2.50 bits per heavy atom. The maximum Gasteiger partial charge on any atom is 0.333 e. The number of para-hydroxylation sites is 1. The van der Waals surface area contributed by atoms with E-state index in [9.17, 15) is 4.79 Å². The Morgan fingerprint density at radius 2 is 1.75 bits per heavy atom. The molecular weight excluding hydrogens is 350 g/mol. The van der Waals surface area contributed by atoms with Crippen LogP contribution in [0.5, 0.6) is 0 Å². The fraction of sp³-hybridized carbons (Fsp3) is 0.318. The molecule has 2 heterocycles. The van der Waals surface area contributed by atoms with Crippen LogP contribution in [0.3, 0.4) is 0 Å². The Balaban J connectivity index is 1.30. The number of amides is 2. The third-order valence-electron chi connectivity index (χ3n) is 5.50. The third kappa shape index (κ3) is 4.03. The Hall–Kier alpha value is -2.83. The topological polar surface area (TPSA) is 63.4 Å². The lowest BCUT2D eigenvalue weighted by Gasteiger charge is -2.37. The summed E-state index contributed by atoms with van der Waals surface area (Å²) in [6.45, 7) is 7.70. The Bertz CT molecular complexity index is 941. The van der Waals surface area contributed by atoms with Gasteiger partial charge in [0.05, 0.1) is 0 Å². The summed E-state index contributed by atoms with van der Waals surface area (Å²) in [7, 11) is 0. The van der Waals surface area contributed by atoms with Crippen molar-refractivity contribution in [1.82, 2.24) is 20.3 Å². The summed E-state index contributed by atoms with van der Waals surface area (Å²) >= 11 is 0. The first-order valence-electron chi connectivity index (χ1n) is 9.79. The molecule has 1 aromatic heterocycles. The molecule has 6 nitrogen and oxygen atoms in total. The smallest absolute Gasteiger partial charge is 0.333 e. The Morgan fingerprint density at radius 1 is 1.04 bits per heavy atom. The predicted molar refractivity (Wildman–Crippen MR) is 113 cm³/mol. The number of nitrogens with one attached hydrogen (secondary N) is 3. The number of urea groups is 1. The fourth-order valence-electron chi connectivity index (χ4n) is 3.80. The van der Waals surface area contributed by atoms with Crippen LogP contribution in [-0.2, 0) is 0 Å². The second-order valence-corrected chi connectivity index (χ2v) is 7.42. The van der Waals surface area contributed by atoms with E-state index >= 15 is 0 Å². The van der Waals surface area contributed by atoms with E-state index in [1.54, 1.807) is 0 Å². The Labute approximate surface area is 165 Å². The van der Waals surface area contributed by atoms with Gasteiger partial charge in [-0.2, -0.15) is 0 Å². The summed E-state index contributed by atoms with van der Waals surface area (Å²) in [5, 5.41) is 6.16. The molecule has 1 fully saturated rings. The van der Waals surface area contributed by atoms with Crippen molar-refractivity contribution in [3.05, 3.63) is 65.9 Å². The van der Waals surface area contributed by atoms with Gasteiger partial charge < -0.3 is 10.3 Å². The van der Waals surface area contributed by atoms with Gasteiger partial charge in [-0.25, -0.2) is 9.80 Å². The molecule has 0 radical (unpaired) electrons. The van der Waals surface area contributed by atoms with Gasteiger partial charge in [0.2, 0.25) is 0 Å². The number of hydrogen-bond acceptors (Lipinski definition) is 3. The molecule has 1 aliphatic rings. The lowest BCUT2D eigenvalue weighted by Crippen LogP contribution is -2.54. The van der Waals surface area contributed by atoms with E-state index in [0.717, 1.165) is 31.9 Å². The van der Waals surface area contributed by atoms with Crippen molar-refractivity contribution in [3.63, 3.8) is 0 Å². The van der Waals surface area contributed by atoms with Gasteiger partial charge in [0.25, 0.3) is 0 Å². The van der Waals surface area contributed by atoms with Crippen LogP contribution in [0.1, 0.15) is 24.1 Å². The zero-order valence-corrected chi connectivity index (χ0v) is 16.4. The zero-order valence-electron chi connectivity index (χ0n) is 16.4. The van der Waals surface area contributed by atoms with Crippen molar-refractivity contribution in [2.75, 3.05) is 31.5 Å². The first-order valence-corrected chi connectivity index (χ1v) is 9.79. The van der Waals surface area contributed by atoms with Crippen LogP contribution in [0.4, 0.5) is 10.5 Å². The molecule has 1 atom stereocenters. The minimum atomic E-state index is -0.193. The van der Waals surface area contributed by atoms with Gasteiger partial charge in [0, 0.05) is 55.0 Å². The van der Waals surface area contributed by atoms with Crippen molar-refractivity contribution < 1.29 is 4.79 Å². The van der Waals surface area contributed by atoms with Gasteiger partial charge in [-0.15, -0.1) is 0 Å². The van der Waals surface area contributed by atoms with Crippen LogP contribution >= 0.6 is 0 Å². The maximum absolute atomic E-state index is 12.2. The number of aromatic nitrogens is 1. The van der Waals surface area contributed by atoms with Gasteiger partial charge in [-0.3, -0.25) is 10.3 Å². The molecule has 4 rings (SSSR count). The molecule has 3 aromatic rings. The van der Waals surface area contributed by atoms with Gasteiger partial charge >= 0.3 is 6.03 Å². The van der Waals surface area contributed by atoms with Crippen molar-refractivity contribution in [2.45, 2.75) is 19.9 Å². The molecule has 6 heteroatoms. The molecule has 0 saturated carbocycles. The molecule has 1 aliphatic heterocycles. The lowest BCUT2D eigenvalue weighted by atomic mass is 10.1. The minimum Gasteiger partial charge on any atom is -0.361 e. The van der Waals surface area contributed by atoms with E-state index in [4.69, 9.17) is 0 Å². The standard InChI is InChI=1S/C22H27N5O/c1-16-7-9-18(10-8-16)24-22(28)25-27-13-11-26(12-14-27)17(2)20-15-23-21-6-4-3-5-19(20)21/h3-10,15,17,23H,11-14H2,1-2H3,(H2,24,25,28). The zero-order chi connectivity index (χ0) is 19.5. The monoisotopic (exact) mass is 377 g/mol. The van der Waals surface area contributed by atoms with Crippen molar-refractivity contribution in [1.29, 1.82) is 0 Å². The average Bonchev–Trinajstić information content (AvgIpc) is 3.14. The van der Waals surface area contributed by atoms with E-state index in [-0.39, 0.29) is 6.03 Å². The summed E-state index contributed by atoms with van der Waals surface area (Å²) in [4.78, 5) is 18.1. The molecule has 2 aromatic carbocycles. The number of rotatable bonds is 4. The molecule has 0 spiro atoms. The summed E-state index contributed by atoms with van der Waals surface area (Å²) in [5.74, 6) is 0. The summed E-state index contributed by atoms with van der Waals surface area (Å²) in [6.07, 6.45) is 2.12. The number of aromatic amines is 1. The van der Waals surface area contributed by atoms with Gasteiger partial charge in [0.1, 0.15) is 0 Å². The number of anilines is 1. The second kappa shape index (κ2) is 8.04. The SMILES string of the molecule is Cc1ccc(NC(=O)NN2CCN(C(C)c3c[nH]c4ccccc34)CC2)cc1. The van der Waals surface area contributed by atoms with Crippen molar-refractivity contribution in [2.24, 2.45) is 0 Å². The minimum absolute atomic E-state index is 0.193. The number of H-pyrrole nitrogens is 1. The maximum atomic E-state index is 12.2. The molecule has 1 unspecified atom stereocenters. The molecule has 146 valence electrons. The highest BCUT2D eigenvalue weighted by Crippen LogP contribution is 2.28. The summed E-state index contributed by atoms with van der Waals surface area (Å²) in [5.41, 5.74) is 7.44.